The summed E-state index contributed by atoms with van der Waals surface area (Å²) in [6, 6.07) is 4.58. The smallest absolute Gasteiger partial charge is 0.123 e. The number of carbonyl (C=O) groups is 1. The predicted octanol–water partition coefficient (Wildman–Crippen LogP) is 2.74. The molecule has 0 N–H and O–H groups in total. The summed E-state index contributed by atoms with van der Waals surface area (Å²) in [6.45, 7) is 1.84. The molecule has 0 unspecified atom stereocenters. The largest absolute Gasteiger partial charge is 0.303 e. The van der Waals surface area contributed by atoms with Gasteiger partial charge in [-0.25, -0.2) is 4.39 Å². The summed E-state index contributed by atoms with van der Waals surface area (Å²) in [6.07, 6.45) is 4.81. The molecule has 13 heavy (non-hydrogen) atoms. The Morgan fingerprint density at radius 2 is 2.23 bits per heavy atom. The highest BCUT2D eigenvalue weighted by Gasteiger charge is 1.95. The second-order valence-electron chi connectivity index (χ2n) is 2.81. The molecule has 1 nitrogen and oxygen atoms in total. The Morgan fingerprint density at radius 1 is 1.46 bits per heavy atom. The third-order valence-corrected chi connectivity index (χ3v) is 1.76. The van der Waals surface area contributed by atoms with Gasteiger partial charge in [-0.15, -0.1) is 0 Å². The van der Waals surface area contributed by atoms with Crippen molar-refractivity contribution in [2.24, 2.45) is 0 Å². The number of allylic oxidation sites excluding steroid dienone is 1. The molecule has 0 bridgehead atoms. The number of hydrogen-bond acceptors (Lipinski definition) is 1. The molecule has 1 aromatic carbocycles. The standard InChI is InChI=1S/C11H11FO/c1-9-8-11(12)6-5-10(9)4-2-3-7-13/h2,4-8H,3H2,1H3. The van der Waals surface area contributed by atoms with Crippen LogP contribution in [0.5, 0.6) is 0 Å². The average molecular weight is 178 g/mol. The van der Waals surface area contributed by atoms with E-state index in [1.54, 1.807) is 12.1 Å². The van der Waals surface area contributed by atoms with Gasteiger partial charge in [0, 0.05) is 6.42 Å². The highest BCUT2D eigenvalue weighted by atomic mass is 19.1. The second-order valence-corrected chi connectivity index (χ2v) is 2.81. The van der Waals surface area contributed by atoms with Gasteiger partial charge in [-0.3, -0.25) is 0 Å². The van der Waals surface area contributed by atoms with Gasteiger partial charge >= 0.3 is 0 Å². The van der Waals surface area contributed by atoms with Crippen LogP contribution in [-0.4, -0.2) is 6.29 Å². The first kappa shape index (κ1) is 9.65. The SMILES string of the molecule is Cc1cc(F)ccc1C=CCC=O. The molecule has 0 radical (unpaired) electrons. The maximum absolute atomic E-state index is 12.7. The Bertz CT molecular complexity index is 329. The van der Waals surface area contributed by atoms with Gasteiger partial charge < -0.3 is 4.79 Å². The first-order chi connectivity index (χ1) is 6.24. The molecule has 0 aliphatic heterocycles. The van der Waals surface area contributed by atoms with E-state index in [0.29, 0.717) is 6.42 Å². The summed E-state index contributed by atoms with van der Waals surface area (Å²) in [7, 11) is 0. The van der Waals surface area contributed by atoms with Crippen LogP contribution in [0.1, 0.15) is 17.5 Å². The number of halogens is 1. The lowest BCUT2D eigenvalue weighted by Gasteiger charge is -1.98. The number of aryl methyl sites for hydroxylation is 1. The van der Waals surface area contributed by atoms with E-state index in [9.17, 15) is 9.18 Å². The monoisotopic (exact) mass is 178 g/mol. The molecule has 0 aliphatic carbocycles. The van der Waals surface area contributed by atoms with E-state index in [1.807, 2.05) is 13.0 Å². The Labute approximate surface area is 76.9 Å². The molecule has 0 aliphatic rings. The lowest BCUT2D eigenvalue weighted by atomic mass is 10.1. The number of carbonyl (C=O) groups excluding carboxylic acids is 1. The Kier molecular flexibility index (Phi) is 3.38. The van der Waals surface area contributed by atoms with E-state index in [4.69, 9.17) is 0 Å². The van der Waals surface area contributed by atoms with Crippen molar-refractivity contribution >= 4 is 12.4 Å². The summed E-state index contributed by atoms with van der Waals surface area (Å²) >= 11 is 0. The first-order valence-electron chi connectivity index (χ1n) is 4.10. The van der Waals surface area contributed by atoms with Crippen LogP contribution in [0.2, 0.25) is 0 Å². The van der Waals surface area contributed by atoms with E-state index in [1.165, 1.54) is 12.1 Å². The van der Waals surface area contributed by atoms with Crippen molar-refractivity contribution in [1.29, 1.82) is 0 Å². The number of hydrogen-bond donors (Lipinski definition) is 0. The number of benzene rings is 1. The zero-order valence-electron chi connectivity index (χ0n) is 7.46. The summed E-state index contributed by atoms with van der Waals surface area (Å²) in [4.78, 5) is 10.0. The molecule has 1 aromatic rings. The van der Waals surface area contributed by atoms with Gasteiger partial charge in [0.1, 0.15) is 12.1 Å². The van der Waals surface area contributed by atoms with Gasteiger partial charge in [0.05, 0.1) is 0 Å². The number of rotatable bonds is 3. The zero-order valence-corrected chi connectivity index (χ0v) is 7.46. The normalized spacial score (nSPS) is 10.6. The molecule has 0 saturated heterocycles. The topological polar surface area (TPSA) is 17.1 Å². The van der Waals surface area contributed by atoms with Crippen LogP contribution >= 0.6 is 0 Å². The van der Waals surface area contributed by atoms with Crippen molar-refractivity contribution in [3.63, 3.8) is 0 Å². The molecule has 2 heteroatoms. The summed E-state index contributed by atoms with van der Waals surface area (Å²) in [5.74, 6) is -0.231. The third kappa shape index (κ3) is 2.82. The molecule has 68 valence electrons. The second kappa shape index (κ2) is 4.55. The summed E-state index contributed by atoms with van der Waals surface area (Å²) in [5, 5.41) is 0. The van der Waals surface area contributed by atoms with E-state index >= 15 is 0 Å². The Morgan fingerprint density at radius 3 is 2.85 bits per heavy atom. The summed E-state index contributed by atoms with van der Waals surface area (Å²) in [5.41, 5.74) is 1.82. The van der Waals surface area contributed by atoms with Gasteiger partial charge in [0.2, 0.25) is 0 Å². The first-order valence-corrected chi connectivity index (χ1v) is 4.10. The van der Waals surface area contributed by atoms with E-state index in [2.05, 4.69) is 0 Å². The Hall–Kier alpha value is -1.44. The molecule has 0 amide bonds. The van der Waals surface area contributed by atoms with Crippen LogP contribution in [0.3, 0.4) is 0 Å². The van der Waals surface area contributed by atoms with E-state index < -0.39 is 0 Å². The van der Waals surface area contributed by atoms with Crippen molar-refractivity contribution in [3.05, 3.63) is 41.2 Å². The zero-order chi connectivity index (χ0) is 9.68. The van der Waals surface area contributed by atoms with Crippen molar-refractivity contribution < 1.29 is 9.18 Å². The molecule has 0 atom stereocenters. The van der Waals surface area contributed by atoms with Crippen LogP contribution in [0.25, 0.3) is 6.08 Å². The van der Waals surface area contributed by atoms with Crippen LogP contribution < -0.4 is 0 Å². The van der Waals surface area contributed by atoms with Crippen LogP contribution in [0.15, 0.2) is 24.3 Å². The fourth-order valence-corrected chi connectivity index (χ4v) is 1.08. The minimum absolute atomic E-state index is 0.231. The molecule has 0 aromatic heterocycles. The molecule has 0 saturated carbocycles. The van der Waals surface area contributed by atoms with E-state index in [0.717, 1.165) is 17.4 Å². The van der Waals surface area contributed by atoms with Crippen LogP contribution in [0, 0.1) is 12.7 Å². The molecule has 0 heterocycles. The fourth-order valence-electron chi connectivity index (χ4n) is 1.08. The van der Waals surface area contributed by atoms with Crippen LogP contribution in [-0.2, 0) is 4.79 Å². The summed E-state index contributed by atoms with van der Waals surface area (Å²) < 4.78 is 12.7. The van der Waals surface area contributed by atoms with E-state index in [-0.39, 0.29) is 5.82 Å². The van der Waals surface area contributed by atoms with Crippen molar-refractivity contribution in [1.82, 2.24) is 0 Å². The molecular formula is C11H11FO. The Balaban J connectivity index is 2.83. The quantitative estimate of drug-likeness (QED) is 0.650. The maximum atomic E-state index is 12.7. The average Bonchev–Trinajstić information content (AvgIpc) is 2.09. The predicted molar refractivity (Wildman–Crippen MR) is 50.9 cm³/mol. The lowest BCUT2D eigenvalue weighted by molar-refractivity contribution is -0.107. The van der Waals surface area contributed by atoms with Gasteiger partial charge in [-0.2, -0.15) is 0 Å². The molecule has 0 spiro atoms. The maximum Gasteiger partial charge on any atom is 0.123 e. The van der Waals surface area contributed by atoms with Crippen molar-refractivity contribution in [2.45, 2.75) is 13.3 Å². The molecular weight excluding hydrogens is 167 g/mol. The molecule has 1 rings (SSSR count). The van der Waals surface area contributed by atoms with Crippen molar-refractivity contribution in [3.8, 4) is 0 Å². The van der Waals surface area contributed by atoms with Gasteiger partial charge in [-0.1, -0.05) is 18.2 Å². The third-order valence-electron chi connectivity index (χ3n) is 1.76. The highest BCUT2D eigenvalue weighted by Crippen LogP contribution is 2.11. The minimum atomic E-state index is -0.231. The van der Waals surface area contributed by atoms with Crippen molar-refractivity contribution in [2.75, 3.05) is 0 Å². The van der Waals surface area contributed by atoms with Crippen LogP contribution in [0.4, 0.5) is 4.39 Å². The lowest BCUT2D eigenvalue weighted by Crippen LogP contribution is -1.82. The molecule has 0 fully saturated rings. The fraction of sp³-hybridized carbons (Fsp3) is 0.182. The van der Waals surface area contributed by atoms with Gasteiger partial charge in [-0.05, 0) is 30.2 Å². The highest BCUT2D eigenvalue weighted by molar-refractivity contribution is 5.59. The van der Waals surface area contributed by atoms with Gasteiger partial charge in [0.25, 0.3) is 0 Å². The van der Waals surface area contributed by atoms with Gasteiger partial charge in [0.15, 0.2) is 0 Å². The number of aldehydes is 1. The minimum Gasteiger partial charge on any atom is -0.303 e.